The van der Waals surface area contributed by atoms with Gasteiger partial charge in [-0.25, -0.2) is 19.6 Å². The largest absolute Gasteiger partial charge is 0.535 e. The number of aliphatic carboxylic acids is 1. The van der Waals surface area contributed by atoms with Gasteiger partial charge in [0.15, 0.2) is 29.8 Å². The van der Waals surface area contributed by atoms with Crippen molar-refractivity contribution in [2.45, 2.75) is 25.6 Å². The second-order valence-corrected chi connectivity index (χ2v) is 14.3. The number of hydrogen-bond donors (Lipinski definition) is 4. The van der Waals surface area contributed by atoms with Gasteiger partial charge in [-0.3, -0.25) is 4.79 Å². The summed E-state index contributed by atoms with van der Waals surface area (Å²) in [7, 11) is -1.39. The maximum absolute atomic E-state index is 13.2. The summed E-state index contributed by atoms with van der Waals surface area (Å²) < 4.78 is 16.4. The van der Waals surface area contributed by atoms with Crippen molar-refractivity contribution in [1.29, 1.82) is 10.5 Å². The van der Waals surface area contributed by atoms with Gasteiger partial charge in [0.25, 0.3) is 0 Å². The Kier molecular flexibility index (Phi) is 15.6. The molecule has 0 aliphatic carbocycles. The number of nitriles is 2. The first-order valence-corrected chi connectivity index (χ1v) is 19.5. The van der Waals surface area contributed by atoms with E-state index in [2.05, 4.69) is 20.3 Å². The van der Waals surface area contributed by atoms with Crippen molar-refractivity contribution >= 4 is 64.1 Å². The normalized spacial score (nSPS) is 13.3. The van der Waals surface area contributed by atoms with Crippen LogP contribution in [0.3, 0.4) is 0 Å². The van der Waals surface area contributed by atoms with Crippen molar-refractivity contribution in [2.24, 2.45) is 10.3 Å². The number of carboxylic acids is 2. The second kappa shape index (κ2) is 21.4. The van der Waals surface area contributed by atoms with Crippen LogP contribution in [0.4, 0.5) is 5.13 Å². The molecular formula is C39H34BN7O11S2. The highest BCUT2D eigenvalue weighted by atomic mass is 32.1. The van der Waals surface area contributed by atoms with Crippen LogP contribution in [-0.2, 0) is 25.7 Å². The Hall–Kier alpha value is -7.33. The molecule has 1 atom stereocenters. The third-order valence-corrected chi connectivity index (χ3v) is 9.60. The zero-order chi connectivity index (χ0) is 43.0. The predicted octanol–water partition coefficient (Wildman–Crippen LogP) is 4.75. The maximum Gasteiger partial charge on any atom is 0.526 e. The summed E-state index contributed by atoms with van der Waals surface area (Å²) in [5, 5.41) is 58.3. The number of hydrogen-bond acceptors (Lipinski definition) is 18. The number of aromatic carboxylic acids is 1. The average molecular weight is 852 g/mol. The lowest BCUT2D eigenvalue weighted by Gasteiger charge is -2.28. The van der Waals surface area contributed by atoms with E-state index in [0.29, 0.717) is 28.2 Å². The molecule has 306 valence electrons. The topological polar surface area (TPSA) is 282 Å². The molecule has 0 radical (unpaired) electrons. The maximum atomic E-state index is 13.2. The van der Waals surface area contributed by atoms with E-state index >= 15 is 0 Å². The number of ketones is 1. The predicted molar refractivity (Wildman–Crippen MR) is 218 cm³/mol. The highest BCUT2D eigenvalue weighted by Gasteiger charge is 2.39. The number of anilines is 1. The van der Waals surface area contributed by atoms with E-state index in [1.807, 2.05) is 12.1 Å². The minimum atomic E-state index is -1.39. The zero-order valence-electron chi connectivity index (χ0n) is 31.6. The molecule has 5 N–H and O–H groups in total. The molecule has 1 aliphatic heterocycles. The van der Waals surface area contributed by atoms with Gasteiger partial charge in [-0.15, -0.1) is 22.7 Å². The summed E-state index contributed by atoms with van der Waals surface area (Å²) in [4.78, 5) is 54.3. The van der Waals surface area contributed by atoms with Gasteiger partial charge in [-0.2, -0.15) is 10.5 Å². The van der Waals surface area contributed by atoms with Crippen molar-refractivity contribution in [3.8, 4) is 29.4 Å². The molecule has 3 aromatic carbocycles. The number of oxime groups is 2. The summed E-state index contributed by atoms with van der Waals surface area (Å²) in [5.41, 5.74) is 7.51. The smallest absolute Gasteiger partial charge is 0.526 e. The first-order valence-electron chi connectivity index (χ1n) is 17.7. The molecular weight excluding hydrogens is 817 g/mol. The molecule has 1 aliphatic rings. The van der Waals surface area contributed by atoms with E-state index < -0.39 is 30.7 Å². The van der Waals surface area contributed by atoms with E-state index in [9.17, 15) is 24.5 Å². The van der Waals surface area contributed by atoms with E-state index in [1.165, 1.54) is 17.4 Å². The monoisotopic (exact) mass is 851 g/mol. The third kappa shape index (κ3) is 12.3. The second-order valence-electron chi connectivity index (χ2n) is 12.3. The van der Waals surface area contributed by atoms with Gasteiger partial charge >= 0.3 is 19.1 Å². The number of fused-ring (bicyclic) bond motifs is 1. The molecule has 60 heavy (non-hydrogen) atoms. The summed E-state index contributed by atoms with van der Waals surface area (Å²) in [6.07, 6.45) is 0.0778. The Morgan fingerprint density at radius 3 is 1.92 bits per heavy atom. The molecule has 0 bridgehead atoms. The fraction of sp³-hybridized carbons (Fsp3) is 0.205. The Labute approximate surface area is 350 Å². The van der Waals surface area contributed by atoms with Crippen LogP contribution in [0.5, 0.6) is 17.2 Å². The van der Waals surface area contributed by atoms with Gasteiger partial charge < -0.3 is 44.8 Å². The fourth-order valence-electron chi connectivity index (χ4n) is 5.33. The van der Waals surface area contributed by atoms with Crippen LogP contribution in [0, 0.1) is 29.6 Å². The number of nitrogen functional groups attached to an aromatic ring is 1. The number of rotatable bonds is 17. The Morgan fingerprint density at radius 2 is 1.42 bits per heavy atom. The number of carboxylic acid groups (broad SMARTS) is 2. The summed E-state index contributed by atoms with van der Waals surface area (Å²) in [5.74, 6) is -2.25. The van der Waals surface area contributed by atoms with Crippen molar-refractivity contribution in [3.63, 3.8) is 0 Å². The number of nitrogens with zero attached hydrogens (tertiary/aromatic N) is 6. The summed E-state index contributed by atoms with van der Waals surface area (Å²) in [6.45, 7) is 2.21. The molecule has 0 fully saturated rings. The van der Waals surface area contributed by atoms with E-state index in [0.717, 1.165) is 16.3 Å². The number of aromatic nitrogens is 2. The molecule has 21 heteroatoms. The van der Waals surface area contributed by atoms with Crippen LogP contribution in [-0.4, -0.2) is 87.9 Å². The highest BCUT2D eigenvalue weighted by Crippen LogP contribution is 2.36. The van der Waals surface area contributed by atoms with Crippen molar-refractivity contribution in [2.75, 3.05) is 32.2 Å². The number of para-hydroxylation sites is 1. The van der Waals surface area contributed by atoms with Gasteiger partial charge in [0.2, 0.25) is 5.71 Å². The lowest BCUT2D eigenvalue weighted by Crippen LogP contribution is -2.37. The number of Topliss-reactive ketones (excluding diaryl/α,β-unsaturated/α-hetero) is 1. The third-order valence-electron chi connectivity index (χ3n) is 8.16. The number of carbonyl (C=O) groups excluding carboxylic acids is 1. The van der Waals surface area contributed by atoms with E-state index in [-0.39, 0.29) is 78.5 Å². The molecule has 0 saturated heterocycles. The molecule has 18 nitrogen and oxygen atoms in total. The van der Waals surface area contributed by atoms with Gasteiger partial charge in [0.05, 0.1) is 33.8 Å². The Balaban J connectivity index is 0.000000255. The van der Waals surface area contributed by atoms with Gasteiger partial charge in [0.1, 0.15) is 41.9 Å². The lowest BCUT2D eigenvalue weighted by molar-refractivity contribution is -0.129. The van der Waals surface area contributed by atoms with Gasteiger partial charge in [-0.05, 0) is 73.5 Å². The van der Waals surface area contributed by atoms with Crippen LogP contribution < -0.4 is 19.9 Å². The molecule has 0 unspecified atom stereocenters. The molecule has 5 aromatic rings. The van der Waals surface area contributed by atoms with Crippen LogP contribution in [0.1, 0.15) is 49.9 Å². The first kappa shape index (κ1) is 43.8. The lowest BCUT2D eigenvalue weighted by atomic mass is 9.64. The summed E-state index contributed by atoms with van der Waals surface area (Å²) >= 11 is 2.47. The van der Waals surface area contributed by atoms with Crippen molar-refractivity contribution in [3.05, 3.63) is 116 Å². The van der Waals surface area contributed by atoms with E-state index in [1.54, 1.807) is 78.3 Å². The van der Waals surface area contributed by atoms with Crippen LogP contribution in [0.25, 0.3) is 0 Å². The minimum absolute atomic E-state index is 0.0247. The van der Waals surface area contributed by atoms with Crippen molar-refractivity contribution < 1.29 is 53.4 Å². The van der Waals surface area contributed by atoms with Gasteiger partial charge in [0, 0.05) is 23.0 Å². The van der Waals surface area contributed by atoms with Crippen LogP contribution in [0.15, 0.2) is 87.8 Å². The number of ether oxygens (including phenoxy) is 2. The number of aryl methyl sites for hydroxylation is 1. The number of carbonyl (C=O) groups is 3. The number of thiazole rings is 2. The molecule has 0 spiro atoms. The zero-order valence-corrected chi connectivity index (χ0v) is 33.2. The number of nitrogens with two attached hydrogens (primary N) is 1. The molecule has 2 aromatic heterocycles. The first-order chi connectivity index (χ1) is 28.9. The highest BCUT2D eigenvalue weighted by molar-refractivity contribution is 7.13. The summed E-state index contributed by atoms with van der Waals surface area (Å²) in [6, 6.07) is 21.9. The molecule has 0 amide bonds. The van der Waals surface area contributed by atoms with Gasteiger partial charge in [-0.1, -0.05) is 22.4 Å². The van der Waals surface area contributed by atoms with E-state index in [4.69, 9.17) is 45.2 Å². The Bertz CT molecular complexity index is 2440. The minimum Gasteiger partial charge on any atom is -0.535 e. The van der Waals surface area contributed by atoms with Crippen molar-refractivity contribution in [1.82, 2.24) is 9.97 Å². The van der Waals surface area contributed by atoms with Crippen LogP contribution >= 0.6 is 22.7 Å². The quantitative estimate of drug-likeness (QED) is 0.0425. The average Bonchev–Trinajstić information content (AvgIpc) is 3.88. The molecule has 6 rings (SSSR count). The Morgan fingerprint density at radius 1 is 0.850 bits per heavy atom. The van der Waals surface area contributed by atoms with Crippen LogP contribution in [0.2, 0.25) is 5.82 Å². The standard InChI is InChI=1S/C24H21BN4O7S.C15H13N3O4S/c26-12-14-4-6-17(7-5-14)34-8-9-35-29-21(19-13-37-24(27)28-19)20(30)11-16-10-15-2-1-3-18(23(31)32)22(15)36-25(16)33;1-10-17-13(9-23-10)14(15(19)20)18-22-7-6-21-12-4-2-11(8-16)3-5-12/h1-7,13,16,33H,8-11H2,(H2,27,28)(H,31,32);2-5,9H,6-7H2,1H3,(H,19,20)/b29-21-;18-14-/t16-;/m1./s1. The number of benzene rings is 3. The molecule has 0 saturated carbocycles. The molecule has 3 heterocycles. The fourth-order valence-corrected chi connectivity index (χ4v) is 6.48. The SMILES string of the molecule is Cc1nc(/C(=N/OCCOc2ccc(C#N)cc2)C(=O)O)cs1.N#Cc1ccc(OCCO/N=C(\C(=O)C[C@H]2Cc3cccc(C(=O)O)c3OB2O)c2csc(N)n2)cc1.